The summed E-state index contributed by atoms with van der Waals surface area (Å²) in [5.41, 5.74) is 13.0. The standard InChI is InChI=1S/C15H16N4O2/c1-9(16)12-3-2-10(8-13(12)14(17)20)15(21)19-11-4-6-18-7-5-11/h2-9H,16H2,1H3,(H2,17,20)(H,18,19,21). The second-order valence-corrected chi connectivity index (χ2v) is 4.64. The minimum atomic E-state index is -0.610. The van der Waals surface area contributed by atoms with Crippen LogP contribution in [0.5, 0.6) is 0 Å². The Hall–Kier alpha value is -2.73. The van der Waals surface area contributed by atoms with Gasteiger partial charge in [0.2, 0.25) is 5.91 Å². The van der Waals surface area contributed by atoms with Gasteiger partial charge in [0.15, 0.2) is 0 Å². The Bertz CT molecular complexity index is 669. The molecule has 1 heterocycles. The van der Waals surface area contributed by atoms with Crippen LogP contribution in [0.15, 0.2) is 42.7 Å². The fourth-order valence-electron chi connectivity index (χ4n) is 1.95. The van der Waals surface area contributed by atoms with E-state index in [2.05, 4.69) is 10.3 Å². The lowest BCUT2D eigenvalue weighted by Gasteiger charge is -2.12. The normalized spacial score (nSPS) is 11.7. The molecule has 0 aliphatic rings. The largest absolute Gasteiger partial charge is 0.366 e. The molecule has 0 bridgehead atoms. The molecular formula is C15H16N4O2. The van der Waals surface area contributed by atoms with Gasteiger partial charge in [-0.3, -0.25) is 14.6 Å². The number of benzene rings is 1. The van der Waals surface area contributed by atoms with E-state index in [4.69, 9.17) is 11.5 Å². The highest BCUT2D eigenvalue weighted by atomic mass is 16.2. The van der Waals surface area contributed by atoms with Crippen LogP contribution >= 0.6 is 0 Å². The highest BCUT2D eigenvalue weighted by Gasteiger charge is 2.15. The molecule has 0 spiro atoms. The van der Waals surface area contributed by atoms with E-state index in [1.54, 1.807) is 43.6 Å². The molecule has 6 nitrogen and oxygen atoms in total. The fourth-order valence-corrected chi connectivity index (χ4v) is 1.95. The van der Waals surface area contributed by atoms with Gasteiger partial charge in [0.25, 0.3) is 5.91 Å². The maximum Gasteiger partial charge on any atom is 0.255 e. The minimum Gasteiger partial charge on any atom is -0.366 e. The van der Waals surface area contributed by atoms with Gasteiger partial charge in [-0.05, 0) is 36.8 Å². The minimum absolute atomic E-state index is 0.257. The van der Waals surface area contributed by atoms with Gasteiger partial charge in [0.1, 0.15) is 0 Å². The average Bonchev–Trinajstić information content (AvgIpc) is 2.47. The van der Waals surface area contributed by atoms with Crippen molar-refractivity contribution in [2.24, 2.45) is 11.5 Å². The number of nitrogens with one attached hydrogen (secondary N) is 1. The number of nitrogens with zero attached hydrogens (tertiary/aromatic N) is 1. The molecule has 5 N–H and O–H groups in total. The molecule has 0 radical (unpaired) electrons. The smallest absolute Gasteiger partial charge is 0.255 e. The molecule has 6 heteroatoms. The van der Waals surface area contributed by atoms with Crippen molar-refractivity contribution in [3.8, 4) is 0 Å². The maximum absolute atomic E-state index is 12.2. The van der Waals surface area contributed by atoms with Crippen LogP contribution in [0.25, 0.3) is 0 Å². The van der Waals surface area contributed by atoms with Gasteiger partial charge in [0, 0.05) is 35.2 Å². The van der Waals surface area contributed by atoms with Crippen LogP contribution < -0.4 is 16.8 Å². The summed E-state index contributed by atoms with van der Waals surface area (Å²) in [6, 6.07) is 7.71. The van der Waals surface area contributed by atoms with Crippen molar-refractivity contribution in [2.45, 2.75) is 13.0 Å². The lowest BCUT2D eigenvalue weighted by atomic mass is 9.98. The first kappa shape index (κ1) is 14.7. The molecule has 0 saturated heterocycles. The summed E-state index contributed by atoms with van der Waals surface area (Å²) in [6.45, 7) is 1.75. The number of carbonyl (C=O) groups excluding carboxylic acids is 2. The Balaban J connectivity index is 2.30. The summed E-state index contributed by atoms with van der Waals surface area (Å²) >= 11 is 0. The van der Waals surface area contributed by atoms with Crippen LogP contribution in [0, 0.1) is 0 Å². The van der Waals surface area contributed by atoms with Crippen molar-refractivity contribution >= 4 is 17.5 Å². The maximum atomic E-state index is 12.2. The monoisotopic (exact) mass is 284 g/mol. The zero-order valence-corrected chi connectivity index (χ0v) is 11.5. The topological polar surface area (TPSA) is 111 Å². The first-order chi connectivity index (χ1) is 9.99. The third-order valence-electron chi connectivity index (χ3n) is 3.01. The highest BCUT2D eigenvalue weighted by molar-refractivity contribution is 6.06. The molecule has 0 aliphatic heterocycles. The molecule has 2 rings (SSSR count). The molecule has 1 atom stereocenters. The van der Waals surface area contributed by atoms with E-state index in [9.17, 15) is 9.59 Å². The first-order valence-electron chi connectivity index (χ1n) is 6.39. The number of primary amides is 1. The Morgan fingerprint density at radius 1 is 1.19 bits per heavy atom. The van der Waals surface area contributed by atoms with Crippen LogP contribution in [0.3, 0.4) is 0 Å². The van der Waals surface area contributed by atoms with E-state index in [0.29, 0.717) is 16.8 Å². The summed E-state index contributed by atoms with van der Waals surface area (Å²) in [5.74, 6) is -0.944. The lowest BCUT2D eigenvalue weighted by Crippen LogP contribution is -2.20. The summed E-state index contributed by atoms with van der Waals surface area (Å²) in [5, 5.41) is 2.71. The summed E-state index contributed by atoms with van der Waals surface area (Å²) in [7, 11) is 0. The number of rotatable bonds is 4. The highest BCUT2D eigenvalue weighted by Crippen LogP contribution is 2.18. The van der Waals surface area contributed by atoms with E-state index in [1.165, 1.54) is 6.07 Å². The number of hydrogen-bond acceptors (Lipinski definition) is 4. The van der Waals surface area contributed by atoms with Crippen molar-refractivity contribution in [3.05, 3.63) is 59.4 Å². The molecular weight excluding hydrogens is 268 g/mol. The third-order valence-corrected chi connectivity index (χ3v) is 3.01. The first-order valence-corrected chi connectivity index (χ1v) is 6.39. The average molecular weight is 284 g/mol. The zero-order chi connectivity index (χ0) is 15.4. The number of hydrogen-bond donors (Lipinski definition) is 3. The number of nitrogens with two attached hydrogens (primary N) is 2. The van der Waals surface area contributed by atoms with Gasteiger partial charge in [-0.2, -0.15) is 0 Å². The van der Waals surface area contributed by atoms with Crippen LogP contribution in [-0.4, -0.2) is 16.8 Å². The number of aromatic nitrogens is 1. The van der Waals surface area contributed by atoms with Crippen molar-refractivity contribution < 1.29 is 9.59 Å². The molecule has 21 heavy (non-hydrogen) atoms. The van der Waals surface area contributed by atoms with E-state index in [1.807, 2.05) is 0 Å². The molecule has 2 aromatic rings. The quantitative estimate of drug-likeness (QED) is 0.789. The zero-order valence-electron chi connectivity index (χ0n) is 11.5. The van der Waals surface area contributed by atoms with Crippen molar-refractivity contribution in [1.82, 2.24) is 4.98 Å². The van der Waals surface area contributed by atoms with Crippen LogP contribution in [0.4, 0.5) is 5.69 Å². The molecule has 0 saturated carbocycles. The van der Waals surface area contributed by atoms with Crippen molar-refractivity contribution in [1.29, 1.82) is 0 Å². The van der Waals surface area contributed by atoms with E-state index in [0.717, 1.165) is 0 Å². The SMILES string of the molecule is CC(N)c1ccc(C(=O)Nc2ccncc2)cc1C(N)=O. The summed E-state index contributed by atoms with van der Waals surface area (Å²) < 4.78 is 0. The Morgan fingerprint density at radius 3 is 2.43 bits per heavy atom. The van der Waals surface area contributed by atoms with Crippen molar-refractivity contribution in [3.63, 3.8) is 0 Å². The lowest BCUT2D eigenvalue weighted by molar-refractivity contribution is 0.0999. The molecule has 0 aliphatic carbocycles. The predicted octanol–water partition coefficient (Wildman–Crippen LogP) is 1.45. The number of anilines is 1. The third kappa shape index (κ3) is 3.43. The Labute approximate surface area is 122 Å². The number of pyridine rings is 1. The molecule has 1 aromatic carbocycles. The Kier molecular flexibility index (Phi) is 4.30. The van der Waals surface area contributed by atoms with E-state index in [-0.39, 0.29) is 17.5 Å². The number of amides is 2. The van der Waals surface area contributed by atoms with Crippen LogP contribution in [0.1, 0.15) is 39.2 Å². The van der Waals surface area contributed by atoms with Gasteiger partial charge in [-0.15, -0.1) is 0 Å². The second-order valence-electron chi connectivity index (χ2n) is 4.64. The molecule has 1 unspecified atom stereocenters. The van der Waals surface area contributed by atoms with Gasteiger partial charge < -0.3 is 16.8 Å². The predicted molar refractivity (Wildman–Crippen MR) is 79.8 cm³/mol. The van der Waals surface area contributed by atoms with Crippen molar-refractivity contribution in [2.75, 3.05) is 5.32 Å². The number of carbonyl (C=O) groups is 2. The van der Waals surface area contributed by atoms with Gasteiger partial charge in [-0.1, -0.05) is 6.07 Å². The fraction of sp³-hybridized carbons (Fsp3) is 0.133. The van der Waals surface area contributed by atoms with E-state index >= 15 is 0 Å². The van der Waals surface area contributed by atoms with Gasteiger partial charge in [0.05, 0.1) is 0 Å². The van der Waals surface area contributed by atoms with Crippen LogP contribution in [0.2, 0.25) is 0 Å². The molecule has 0 fully saturated rings. The molecule has 2 amide bonds. The van der Waals surface area contributed by atoms with E-state index < -0.39 is 5.91 Å². The summed E-state index contributed by atoms with van der Waals surface area (Å²) in [6.07, 6.45) is 3.15. The molecule has 108 valence electrons. The summed E-state index contributed by atoms with van der Waals surface area (Å²) in [4.78, 5) is 27.5. The van der Waals surface area contributed by atoms with Crippen LogP contribution in [-0.2, 0) is 0 Å². The van der Waals surface area contributed by atoms with Gasteiger partial charge >= 0.3 is 0 Å². The molecule has 1 aromatic heterocycles. The second kappa shape index (κ2) is 6.15. The van der Waals surface area contributed by atoms with Gasteiger partial charge in [-0.25, -0.2) is 0 Å². The Morgan fingerprint density at radius 2 is 1.86 bits per heavy atom.